The van der Waals surface area contributed by atoms with E-state index in [4.69, 9.17) is 4.74 Å². The fourth-order valence-corrected chi connectivity index (χ4v) is 3.42. The van der Waals surface area contributed by atoms with E-state index in [9.17, 15) is 4.79 Å². The predicted octanol–water partition coefficient (Wildman–Crippen LogP) is 5.87. The van der Waals surface area contributed by atoms with Crippen LogP contribution in [0.1, 0.15) is 15.9 Å². The van der Waals surface area contributed by atoms with Crippen molar-refractivity contribution in [2.75, 3.05) is 18.1 Å². The molecule has 0 aliphatic heterocycles. The zero-order valence-electron chi connectivity index (χ0n) is 16.4. The Bertz CT molecular complexity index is 1120. The molecular weight excluding hydrogens is 358 g/mol. The molecule has 0 saturated heterocycles. The number of aryl methyl sites for hydroxylation is 1. The molecule has 0 aliphatic rings. The highest BCUT2D eigenvalue weighted by Crippen LogP contribution is 2.24. The van der Waals surface area contributed by atoms with Crippen molar-refractivity contribution in [1.29, 1.82) is 0 Å². The van der Waals surface area contributed by atoms with Gasteiger partial charge in [0.25, 0.3) is 5.91 Å². The maximum absolute atomic E-state index is 13.4. The van der Waals surface area contributed by atoms with Crippen LogP contribution in [0.4, 0.5) is 5.69 Å². The molecule has 0 spiro atoms. The Kier molecular flexibility index (Phi) is 5.57. The number of anilines is 1. The molecule has 0 N–H and O–H groups in total. The Labute approximate surface area is 171 Å². The Hall–Kier alpha value is -3.59. The van der Waals surface area contributed by atoms with E-state index < -0.39 is 0 Å². The van der Waals surface area contributed by atoms with Gasteiger partial charge in [0.05, 0.1) is 6.54 Å². The molecule has 0 atom stereocenters. The van der Waals surface area contributed by atoms with E-state index in [1.54, 1.807) is 4.90 Å². The average molecular weight is 381 g/mol. The highest BCUT2D eigenvalue weighted by Gasteiger charge is 2.19. The van der Waals surface area contributed by atoms with Crippen molar-refractivity contribution in [2.45, 2.75) is 6.92 Å². The number of ether oxygens (including phenoxy) is 1. The van der Waals surface area contributed by atoms with Crippen LogP contribution < -0.4 is 9.64 Å². The highest BCUT2D eigenvalue weighted by molar-refractivity contribution is 6.07. The van der Waals surface area contributed by atoms with Gasteiger partial charge in [-0.1, -0.05) is 66.7 Å². The van der Waals surface area contributed by atoms with Gasteiger partial charge in [-0.25, -0.2) is 0 Å². The summed E-state index contributed by atoms with van der Waals surface area (Å²) in [5.74, 6) is 0.782. The molecule has 3 heteroatoms. The molecule has 0 aromatic heterocycles. The lowest BCUT2D eigenvalue weighted by Gasteiger charge is -2.24. The average Bonchev–Trinajstić information content (AvgIpc) is 2.77. The summed E-state index contributed by atoms with van der Waals surface area (Å²) in [6.45, 7) is 2.83. The molecule has 0 unspecified atom stereocenters. The molecule has 144 valence electrons. The van der Waals surface area contributed by atoms with Gasteiger partial charge in [-0.3, -0.25) is 4.79 Å². The maximum atomic E-state index is 13.4. The summed E-state index contributed by atoms with van der Waals surface area (Å²) in [5, 5.41) is 2.26. The second-order valence-electron chi connectivity index (χ2n) is 6.96. The van der Waals surface area contributed by atoms with Gasteiger partial charge in [-0.05, 0) is 53.6 Å². The molecule has 1 amide bonds. The van der Waals surface area contributed by atoms with Crippen LogP contribution in [0.3, 0.4) is 0 Å². The zero-order valence-corrected chi connectivity index (χ0v) is 16.4. The van der Waals surface area contributed by atoms with Crippen molar-refractivity contribution in [1.82, 2.24) is 0 Å². The topological polar surface area (TPSA) is 29.5 Å². The lowest BCUT2D eigenvalue weighted by molar-refractivity contribution is 0.0982. The van der Waals surface area contributed by atoms with Crippen LogP contribution in [0.25, 0.3) is 10.8 Å². The minimum atomic E-state index is -0.0185. The van der Waals surface area contributed by atoms with Gasteiger partial charge in [-0.15, -0.1) is 0 Å². The molecule has 0 bridgehead atoms. The monoisotopic (exact) mass is 381 g/mol. The number of hydrogen-bond donors (Lipinski definition) is 0. The van der Waals surface area contributed by atoms with Crippen LogP contribution in [0.15, 0.2) is 97.1 Å². The van der Waals surface area contributed by atoms with Crippen LogP contribution in [-0.2, 0) is 0 Å². The van der Waals surface area contributed by atoms with Crippen molar-refractivity contribution in [2.24, 2.45) is 0 Å². The third-order valence-electron chi connectivity index (χ3n) is 4.99. The van der Waals surface area contributed by atoms with Gasteiger partial charge < -0.3 is 9.64 Å². The summed E-state index contributed by atoms with van der Waals surface area (Å²) in [6, 6.07) is 31.7. The molecule has 4 rings (SSSR count). The largest absolute Gasteiger partial charge is 0.492 e. The van der Waals surface area contributed by atoms with Crippen LogP contribution in [0.5, 0.6) is 5.75 Å². The zero-order chi connectivity index (χ0) is 20.1. The predicted molar refractivity (Wildman–Crippen MR) is 119 cm³/mol. The van der Waals surface area contributed by atoms with E-state index >= 15 is 0 Å². The number of carbonyl (C=O) groups excluding carboxylic acids is 1. The summed E-state index contributed by atoms with van der Waals surface area (Å²) in [5.41, 5.74) is 2.54. The first kappa shape index (κ1) is 18.8. The summed E-state index contributed by atoms with van der Waals surface area (Å²) >= 11 is 0. The van der Waals surface area contributed by atoms with E-state index in [-0.39, 0.29) is 5.91 Å². The van der Waals surface area contributed by atoms with Crippen molar-refractivity contribution < 1.29 is 9.53 Å². The molecule has 4 aromatic carbocycles. The second kappa shape index (κ2) is 8.61. The van der Waals surface area contributed by atoms with Gasteiger partial charge in [0.1, 0.15) is 12.4 Å². The summed E-state index contributed by atoms with van der Waals surface area (Å²) in [6.07, 6.45) is 0. The van der Waals surface area contributed by atoms with E-state index in [1.165, 1.54) is 0 Å². The number of fused-ring (bicyclic) bond motifs is 1. The SMILES string of the molecule is Cc1ccccc1C(=O)N(CCOc1ccccc1)c1ccc2ccccc2c1. The molecule has 4 aromatic rings. The van der Waals surface area contributed by atoms with Crippen molar-refractivity contribution in [3.05, 3.63) is 108 Å². The molecule has 3 nitrogen and oxygen atoms in total. The normalized spacial score (nSPS) is 10.7. The second-order valence-corrected chi connectivity index (χ2v) is 6.96. The Morgan fingerprint density at radius 1 is 0.793 bits per heavy atom. The number of benzene rings is 4. The first-order valence-electron chi connectivity index (χ1n) is 9.76. The quantitative estimate of drug-likeness (QED) is 0.418. The summed E-state index contributed by atoms with van der Waals surface area (Å²) in [4.78, 5) is 15.2. The van der Waals surface area contributed by atoms with E-state index in [1.807, 2.05) is 79.7 Å². The maximum Gasteiger partial charge on any atom is 0.258 e. The molecule has 0 fully saturated rings. The van der Waals surface area contributed by atoms with Crippen molar-refractivity contribution >= 4 is 22.4 Å². The smallest absolute Gasteiger partial charge is 0.258 e. The number of nitrogens with zero attached hydrogens (tertiary/aromatic N) is 1. The van der Waals surface area contributed by atoms with E-state index in [0.29, 0.717) is 18.7 Å². The van der Waals surface area contributed by atoms with E-state index in [2.05, 4.69) is 24.3 Å². The van der Waals surface area contributed by atoms with Crippen LogP contribution >= 0.6 is 0 Å². The molecule has 0 saturated carbocycles. The molecule has 0 heterocycles. The fraction of sp³-hybridized carbons (Fsp3) is 0.115. The molecule has 29 heavy (non-hydrogen) atoms. The Balaban J connectivity index is 1.63. The minimum Gasteiger partial charge on any atom is -0.492 e. The first-order valence-corrected chi connectivity index (χ1v) is 9.76. The lowest BCUT2D eigenvalue weighted by atomic mass is 10.1. The highest BCUT2D eigenvalue weighted by atomic mass is 16.5. The van der Waals surface area contributed by atoms with Gasteiger partial charge in [-0.2, -0.15) is 0 Å². The summed E-state index contributed by atoms with van der Waals surface area (Å²) in [7, 11) is 0. The van der Waals surface area contributed by atoms with Gasteiger partial charge in [0.15, 0.2) is 0 Å². The Morgan fingerprint density at radius 2 is 1.48 bits per heavy atom. The number of hydrogen-bond acceptors (Lipinski definition) is 2. The molecular formula is C26H23NO2. The molecule has 0 radical (unpaired) electrons. The van der Waals surface area contributed by atoms with Gasteiger partial charge in [0, 0.05) is 11.3 Å². The Morgan fingerprint density at radius 3 is 2.28 bits per heavy atom. The summed E-state index contributed by atoms with van der Waals surface area (Å²) < 4.78 is 5.87. The number of carbonyl (C=O) groups is 1. The number of rotatable bonds is 6. The van der Waals surface area contributed by atoms with Crippen molar-refractivity contribution in [3.8, 4) is 5.75 Å². The standard InChI is InChI=1S/C26H23NO2/c1-20-9-5-8-14-25(20)26(28)27(17-18-29-24-12-3-2-4-13-24)23-16-15-21-10-6-7-11-22(21)19-23/h2-16,19H,17-18H2,1H3. The van der Waals surface area contributed by atoms with Gasteiger partial charge in [0.2, 0.25) is 0 Å². The fourth-order valence-electron chi connectivity index (χ4n) is 3.42. The molecule has 0 aliphatic carbocycles. The van der Waals surface area contributed by atoms with Crippen LogP contribution in [0.2, 0.25) is 0 Å². The van der Waals surface area contributed by atoms with E-state index in [0.717, 1.165) is 27.8 Å². The first-order chi connectivity index (χ1) is 14.2. The third kappa shape index (κ3) is 4.30. The van der Waals surface area contributed by atoms with Crippen LogP contribution in [0, 0.1) is 6.92 Å². The number of para-hydroxylation sites is 1. The third-order valence-corrected chi connectivity index (χ3v) is 4.99. The minimum absolute atomic E-state index is 0.0185. The lowest BCUT2D eigenvalue weighted by Crippen LogP contribution is -2.35. The van der Waals surface area contributed by atoms with Crippen molar-refractivity contribution in [3.63, 3.8) is 0 Å². The van der Waals surface area contributed by atoms with Crippen LogP contribution in [-0.4, -0.2) is 19.1 Å². The van der Waals surface area contributed by atoms with Gasteiger partial charge >= 0.3 is 0 Å². The number of amides is 1.